The van der Waals surface area contributed by atoms with Crippen molar-refractivity contribution in [3.63, 3.8) is 0 Å². The third-order valence-electron chi connectivity index (χ3n) is 8.29. The lowest BCUT2D eigenvalue weighted by atomic mass is 9.98. The minimum absolute atomic E-state index is 0.0504. The number of methoxy groups -OCH3 is 1. The number of fused-ring (bicyclic) bond motifs is 2. The zero-order valence-corrected chi connectivity index (χ0v) is 28.3. The first kappa shape index (κ1) is 35.4. The standard InChI is InChI=1S/C35H41F2N6O6/c1-7-20-14-25-21(19-44)8-9-24(25)28(15-20)43(46,47)41-27-11-10-26(36)30(31(27)37)22-16-23-18-39-33(40-32(23)29(17-22)48-6)38-12-13-42(5)34(45)49-35(2,3)4/h10-11,14-19,21,41,46-47H,7-9,12-13H2,1-6H3,(H,38,39,40)/q+1. The average molecular weight is 680 g/mol. The number of ether oxygens (including phenoxy) is 2. The van der Waals surface area contributed by atoms with E-state index in [1.54, 1.807) is 33.9 Å². The van der Waals surface area contributed by atoms with E-state index in [0.29, 0.717) is 54.4 Å². The number of anilines is 2. The fraction of sp³-hybridized carbons (Fsp3) is 0.371. The fourth-order valence-corrected chi connectivity index (χ4v) is 5.82. The third kappa shape index (κ3) is 7.56. The van der Waals surface area contributed by atoms with Crippen molar-refractivity contribution in [2.75, 3.05) is 38.0 Å². The van der Waals surface area contributed by atoms with Crippen LogP contribution in [-0.2, 0) is 22.4 Å². The highest BCUT2D eigenvalue weighted by Gasteiger charge is 2.38. The molecule has 3 aromatic carbocycles. The molecular formula is C35H41F2N6O6+. The van der Waals surface area contributed by atoms with Crippen LogP contribution in [0.4, 0.5) is 30.9 Å². The number of aromatic nitrogens is 2. The van der Waals surface area contributed by atoms with Crippen LogP contribution < -0.4 is 20.4 Å². The molecule has 4 N–H and O–H groups in total. The molecule has 1 aliphatic rings. The van der Waals surface area contributed by atoms with Gasteiger partial charge in [-0.2, -0.15) is 5.43 Å². The van der Waals surface area contributed by atoms with Crippen molar-refractivity contribution in [3.8, 4) is 16.9 Å². The molecule has 49 heavy (non-hydrogen) atoms. The Labute approximate surface area is 282 Å². The molecule has 1 amide bonds. The molecule has 0 spiro atoms. The zero-order chi connectivity index (χ0) is 35.7. The first-order valence-corrected chi connectivity index (χ1v) is 15.9. The van der Waals surface area contributed by atoms with E-state index in [4.69, 9.17) is 9.47 Å². The van der Waals surface area contributed by atoms with Crippen molar-refractivity contribution in [2.24, 2.45) is 0 Å². The summed E-state index contributed by atoms with van der Waals surface area (Å²) in [5.41, 5.74) is 3.53. The molecule has 12 nitrogen and oxygen atoms in total. The molecule has 260 valence electrons. The maximum Gasteiger partial charge on any atom is 0.410 e. The van der Waals surface area contributed by atoms with Crippen LogP contribution in [0.2, 0.25) is 0 Å². The number of halogens is 2. The lowest BCUT2D eigenvalue weighted by molar-refractivity contribution is -0.273. The summed E-state index contributed by atoms with van der Waals surface area (Å²) in [6.07, 6.45) is 3.36. The van der Waals surface area contributed by atoms with Crippen LogP contribution in [0.15, 0.2) is 42.6 Å². The largest absolute Gasteiger partial charge is 0.494 e. The van der Waals surface area contributed by atoms with E-state index < -0.39 is 33.8 Å². The second kappa shape index (κ2) is 13.9. The van der Waals surface area contributed by atoms with Crippen LogP contribution in [0.5, 0.6) is 5.75 Å². The quantitative estimate of drug-likeness (QED) is 0.0762. The van der Waals surface area contributed by atoms with E-state index in [9.17, 15) is 20.0 Å². The molecule has 0 aliphatic heterocycles. The summed E-state index contributed by atoms with van der Waals surface area (Å²) in [6.45, 7) is 7.88. The number of aryl methyl sites for hydroxylation is 1. The van der Waals surface area contributed by atoms with E-state index in [0.717, 1.165) is 24.0 Å². The number of likely N-dealkylation sites (N-methyl/N-ethyl adjacent to an activating group) is 1. The Morgan fingerprint density at radius 1 is 1.18 bits per heavy atom. The van der Waals surface area contributed by atoms with E-state index >= 15 is 8.78 Å². The molecule has 5 rings (SSSR count). The number of amides is 1. The van der Waals surface area contributed by atoms with Gasteiger partial charge in [0.05, 0.1) is 17.6 Å². The molecule has 1 aromatic heterocycles. The van der Waals surface area contributed by atoms with Crippen molar-refractivity contribution in [1.29, 1.82) is 0 Å². The minimum atomic E-state index is -1.91. The maximum absolute atomic E-state index is 16.2. The highest BCUT2D eigenvalue weighted by Crippen LogP contribution is 2.41. The number of hydrogen-bond donors (Lipinski definition) is 4. The first-order chi connectivity index (χ1) is 23.1. The molecule has 14 heteroatoms. The van der Waals surface area contributed by atoms with Crippen molar-refractivity contribution in [2.45, 2.75) is 58.5 Å². The van der Waals surface area contributed by atoms with Gasteiger partial charge in [0, 0.05) is 49.3 Å². The minimum Gasteiger partial charge on any atom is -0.494 e. The van der Waals surface area contributed by atoms with E-state index in [1.165, 1.54) is 30.3 Å². The van der Waals surface area contributed by atoms with Crippen molar-refractivity contribution >= 4 is 40.6 Å². The predicted octanol–water partition coefficient (Wildman–Crippen LogP) is 6.77. The molecule has 0 fully saturated rings. The van der Waals surface area contributed by atoms with Gasteiger partial charge in [-0.05, 0) is 81.0 Å². The number of nitrogens with one attached hydrogen (secondary N) is 2. The number of hydrogen-bond acceptors (Lipinski definition) is 10. The molecular weight excluding hydrogens is 638 g/mol. The van der Waals surface area contributed by atoms with E-state index in [1.807, 2.05) is 13.0 Å². The van der Waals surface area contributed by atoms with Gasteiger partial charge in [-0.15, -0.1) is 10.4 Å². The summed E-state index contributed by atoms with van der Waals surface area (Å²) in [5.74, 6) is -1.88. The normalized spacial score (nSPS) is 14.4. The summed E-state index contributed by atoms with van der Waals surface area (Å²) in [4.78, 5) is 32.2. The Bertz CT molecular complexity index is 1900. The molecule has 0 bridgehead atoms. The molecule has 1 heterocycles. The van der Waals surface area contributed by atoms with Gasteiger partial charge in [-0.1, -0.05) is 13.0 Å². The van der Waals surface area contributed by atoms with Gasteiger partial charge in [0.1, 0.15) is 34.7 Å². The second-order valence-electron chi connectivity index (χ2n) is 13.0. The summed E-state index contributed by atoms with van der Waals surface area (Å²) in [6, 6.07) is 8.49. The number of aldehydes is 1. The van der Waals surface area contributed by atoms with Gasteiger partial charge in [0.25, 0.3) is 0 Å². The van der Waals surface area contributed by atoms with Gasteiger partial charge in [0.2, 0.25) is 11.6 Å². The number of carbonyl (C=O) groups is 2. The molecule has 1 atom stereocenters. The highest BCUT2D eigenvalue weighted by molar-refractivity contribution is 5.90. The van der Waals surface area contributed by atoms with Gasteiger partial charge in [-0.3, -0.25) is 0 Å². The van der Waals surface area contributed by atoms with Crippen LogP contribution in [0.25, 0.3) is 22.0 Å². The molecule has 1 unspecified atom stereocenters. The molecule has 0 saturated carbocycles. The lowest BCUT2D eigenvalue weighted by Gasteiger charge is -2.25. The summed E-state index contributed by atoms with van der Waals surface area (Å²) in [7, 11) is 3.01. The summed E-state index contributed by atoms with van der Waals surface area (Å²) in [5, 5.41) is 25.9. The van der Waals surface area contributed by atoms with E-state index in [2.05, 4.69) is 20.7 Å². The average Bonchev–Trinajstić information content (AvgIpc) is 3.47. The number of quaternary nitrogens is 1. The molecule has 1 aliphatic carbocycles. The van der Waals surface area contributed by atoms with Gasteiger partial charge < -0.3 is 24.5 Å². The predicted molar refractivity (Wildman–Crippen MR) is 181 cm³/mol. The van der Waals surface area contributed by atoms with Crippen LogP contribution in [0.1, 0.15) is 56.7 Å². The smallest absolute Gasteiger partial charge is 0.410 e. The van der Waals surface area contributed by atoms with Gasteiger partial charge in [0.15, 0.2) is 5.82 Å². The highest BCUT2D eigenvalue weighted by atomic mass is 19.1. The SMILES string of the molecule is CCc1cc2c(c([N+](O)(O)Nc3ccc(F)c(-c4cc(OC)c5nc(NCCN(C)C(=O)OC(C)(C)C)ncc5c4)c3F)c1)CCC2C=O. The van der Waals surface area contributed by atoms with Crippen LogP contribution >= 0.6 is 0 Å². The number of carbonyl (C=O) groups excluding carboxylic acids is 2. The molecule has 4 aromatic rings. The van der Waals surface area contributed by atoms with Crippen molar-refractivity contribution in [3.05, 3.63) is 70.9 Å². The first-order valence-electron chi connectivity index (χ1n) is 15.9. The van der Waals surface area contributed by atoms with E-state index in [-0.39, 0.29) is 34.6 Å². The van der Waals surface area contributed by atoms with Crippen LogP contribution in [-0.4, -0.2) is 70.5 Å². The third-order valence-corrected chi connectivity index (χ3v) is 8.29. The van der Waals surface area contributed by atoms with Crippen LogP contribution in [0.3, 0.4) is 0 Å². The number of nitrogens with zero attached hydrogens (tertiary/aromatic N) is 4. The monoisotopic (exact) mass is 679 g/mol. The van der Waals surface area contributed by atoms with Crippen molar-refractivity contribution < 1.29 is 38.3 Å². The Kier molecular flexibility index (Phi) is 10.0. The Hall–Kier alpha value is -4.92. The Morgan fingerprint density at radius 3 is 2.61 bits per heavy atom. The summed E-state index contributed by atoms with van der Waals surface area (Å²) < 4.78 is 42.4. The second-order valence-corrected chi connectivity index (χ2v) is 13.0. The molecule has 0 radical (unpaired) electrons. The maximum atomic E-state index is 16.2. The fourth-order valence-electron chi connectivity index (χ4n) is 5.82. The summed E-state index contributed by atoms with van der Waals surface area (Å²) >= 11 is 0. The Morgan fingerprint density at radius 2 is 1.94 bits per heavy atom. The number of rotatable bonds is 11. The van der Waals surface area contributed by atoms with Crippen LogP contribution in [0, 0.1) is 11.6 Å². The number of benzene rings is 3. The van der Waals surface area contributed by atoms with Gasteiger partial charge in [-0.25, -0.2) is 23.5 Å². The topological polar surface area (TPSA) is 146 Å². The van der Waals surface area contributed by atoms with Gasteiger partial charge >= 0.3 is 6.09 Å². The lowest BCUT2D eigenvalue weighted by Crippen LogP contribution is -2.48. The Balaban J connectivity index is 1.42. The zero-order valence-electron chi connectivity index (χ0n) is 28.3. The molecule has 0 saturated heterocycles. The van der Waals surface area contributed by atoms with Crippen molar-refractivity contribution in [1.82, 2.24) is 19.8 Å².